The summed E-state index contributed by atoms with van der Waals surface area (Å²) in [6.07, 6.45) is 5.27. The smallest absolute Gasteiger partial charge is 0.0594 e. The zero-order chi connectivity index (χ0) is 79.3. The first kappa shape index (κ1) is 106. The number of fused-ring (bicyclic) bond motifs is 5. The molecule has 0 aliphatic carbocycles. The van der Waals surface area contributed by atoms with Crippen LogP contribution in [0.2, 0.25) is 30.2 Å². The highest BCUT2D eigenvalue weighted by Crippen LogP contribution is 2.16. The van der Waals surface area contributed by atoms with Crippen molar-refractivity contribution >= 4 is 105 Å². The summed E-state index contributed by atoms with van der Waals surface area (Å²) < 4.78 is 34.3. The maximum Gasteiger partial charge on any atom is 0.0594 e. The molecule has 10 aromatic rings. The first-order valence-corrected chi connectivity index (χ1v) is 44.7. The minimum absolute atomic E-state index is 0.0417. The molecule has 578 valence electrons. The van der Waals surface area contributed by atoms with E-state index >= 15 is 0 Å². The van der Waals surface area contributed by atoms with Crippen molar-refractivity contribution in [3.05, 3.63) is 243 Å². The van der Waals surface area contributed by atoms with E-state index in [1.807, 2.05) is 104 Å². The summed E-state index contributed by atoms with van der Waals surface area (Å²) in [6.45, 7) is 38.8. The fraction of sp³-hybridized carbons (Fsp3) is 0.451. The van der Waals surface area contributed by atoms with Gasteiger partial charge in [-0.3, -0.25) is 0 Å². The van der Waals surface area contributed by atoms with Crippen molar-refractivity contribution in [2.45, 2.75) is 209 Å². The van der Waals surface area contributed by atoms with E-state index in [4.69, 9.17) is 33.2 Å². The van der Waals surface area contributed by atoms with Gasteiger partial charge in [-0.2, -0.15) is 0 Å². The third kappa shape index (κ3) is 74.4. The average molecular weight is 1500 g/mol. The largest absolute Gasteiger partial charge is 0.385 e. The topological polar surface area (TPSA) is 64.6 Å². The third-order valence-corrected chi connectivity index (χ3v) is 17.2. The second-order valence-corrected chi connectivity index (χ2v) is 34.1. The molecule has 0 spiro atoms. The molecule has 0 fully saturated rings. The molecule has 0 unspecified atom stereocenters. The Morgan fingerprint density at radius 1 is 0.214 bits per heavy atom. The van der Waals surface area contributed by atoms with Crippen LogP contribution >= 0.6 is 0 Å². The fourth-order valence-corrected chi connectivity index (χ4v) is 6.82. The SMILES string of the molecule is CCC[SiH3].CCC[SiH3].CC[SiH3].COC(C)(C)C.COC(C)(C)C.COC(C)(C)C.COC(C)(C)C.COC(C)(C)C.COCCC[SiH3].COCCC[SiH3].c1ccc2ccccc2c1.c1ccc2ccccc2c1.c1ccc2ccccc2c1.c1ccc2ccccc2c1.c1ccc2ccccc2c1. The molecule has 0 aromatic heterocycles. The van der Waals surface area contributed by atoms with Crippen LogP contribution in [-0.4, -0.2) is 142 Å². The minimum atomic E-state index is 0.0417. The van der Waals surface area contributed by atoms with Gasteiger partial charge in [0, 0.05) is 114 Å². The van der Waals surface area contributed by atoms with E-state index in [-0.39, 0.29) is 28.0 Å². The fourth-order valence-electron chi connectivity index (χ4n) is 6.24. The molecule has 0 bridgehead atoms. The first-order valence-electron chi connectivity index (χ1n) is 37.6. The van der Waals surface area contributed by atoms with Crippen LogP contribution in [-0.2, 0) is 33.2 Å². The highest BCUT2D eigenvalue weighted by atomic mass is 28.2. The number of rotatable bonds is 8. The quantitative estimate of drug-likeness (QED) is 0.111. The molecular formula is C91H152O7Si5. The summed E-state index contributed by atoms with van der Waals surface area (Å²) in [6, 6.07) is 90.6. The lowest BCUT2D eigenvalue weighted by Gasteiger charge is -2.14. The number of benzene rings is 10. The van der Waals surface area contributed by atoms with Crippen LogP contribution < -0.4 is 0 Å². The van der Waals surface area contributed by atoms with Gasteiger partial charge < -0.3 is 33.2 Å². The molecule has 0 radical (unpaired) electrons. The van der Waals surface area contributed by atoms with E-state index < -0.39 is 0 Å². The van der Waals surface area contributed by atoms with Crippen LogP contribution in [0.15, 0.2) is 243 Å². The Kier molecular flexibility index (Phi) is 71.3. The van der Waals surface area contributed by atoms with Gasteiger partial charge in [0.25, 0.3) is 0 Å². The Morgan fingerprint density at radius 2 is 0.301 bits per heavy atom. The average Bonchev–Trinajstić information content (AvgIpc) is 0.905. The molecule has 10 rings (SSSR count). The minimum Gasteiger partial charge on any atom is -0.385 e. The normalized spacial score (nSPS) is 10.3. The lowest BCUT2D eigenvalue weighted by Crippen LogP contribution is -2.15. The van der Waals surface area contributed by atoms with Crippen LogP contribution in [0.4, 0.5) is 0 Å². The summed E-state index contributed by atoms with van der Waals surface area (Å²) in [5, 5.41) is 13.1. The Hall–Kier alpha value is -5.70. The van der Waals surface area contributed by atoms with Gasteiger partial charge in [0.2, 0.25) is 0 Å². The molecule has 12 heteroatoms. The van der Waals surface area contributed by atoms with Gasteiger partial charge in [-0.15, -0.1) is 0 Å². The predicted octanol–water partition coefficient (Wildman–Crippen LogP) is 21.1. The van der Waals surface area contributed by atoms with Crippen molar-refractivity contribution in [3.8, 4) is 0 Å². The summed E-state index contributed by atoms with van der Waals surface area (Å²) in [5.41, 5.74) is 0.208. The first-order chi connectivity index (χ1) is 48.7. The van der Waals surface area contributed by atoms with E-state index in [1.165, 1.54) is 161 Å². The highest BCUT2D eigenvalue weighted by Gasteiger charge is 2.06. The van der Waals surface area contributed by atoms with E-state index in [0.717, 1.165) is 13.2 Å². The van der Waals surface area contributed by atoms with Crippen LogP contribution in [0.25, 0.3) is 53.9 Å². The van der Waals surface area contributed by atoms with Gasteiger partial charge in [0.15, 0.2) is 0 Å². The number of hydrogen-bond donors (Lipinski definition) is 0. The highest BCUT2D eigenvalue weighted by molar-refractivity contribution is 6.09. The van der Waals surface area contributed by atoms with E-state index in [2.05, 4.69) is 263 Å². The number of hydrogen-bond acceptors (Lipinski definition) is 7. The Balaban J connectivity index is -0.000000337. The molecule has 0 atom stereocenters. The lowest BCUT2D eigenvalue weighted by atomic mass is 10.1. The van der Waals surface area contributed by atoms with Crippen LogP contribution in [0.5, 0.6) is 0 Å². The molecule has 0 amide bonds. The van der Waals surface area contributed by atoms with Gasteiger partial charge in [-0.1, -0.05) is 306 Å². The van der Waals surface area contributed by atoms with Crippen LogP contribution in [0.1, 0.15) is 150 Å². The summed E-state index contributed by atoms with van der Waals surface area (Å²) in [4.78, 5) is 0. The molecule has 10 aromatic carbocycles. The second kappa shape index (κ2) is 69.4. The van der Waals surface area contributed by atoms with E-state index in [0.29, 0.717) is 0 Å². The zero-order valence-corrected chi connectivity index (χ0v) is 81.2. The molecule has 0 aliphatic rings. The van der Waals surface area contributed by atoms with Crippen molar-refractivity contribution in [1.29, 1.82) is 0 Å². The van der Waals surface area contributed by atoms with Crippen molar-refractivity contribution in [2.24, 2.45) is 0 Å². The maximum absolute atomic E-state index is 4.94. The summed E-state index contributed by atoms with van der Waals surface area (Å²) in [5.74, 6) is 0. The zero-order valence-electron chi connectivity index (χ0n) is 71.2. The standard InChI is InChI=1S/5C10H8.5C5H12O.2C4H12OSi.2C3H10Si.C2H8Si/c5*1-2-6-10-8-4-3-7-9(10)5-1;5*1-5(2,3)6-4;2*1-5-3-2-4-6;2*1-2-3-4;1-2-3/h5*1-8H;5*1-4H3;2*2-4H2,1,6H3;2*2-3H2,1,4H3;2H2,1,3H3. The molecule has 0 N–H and O–H groups in total. The molecule has 0 heterocycles. The van der Waals surface area contributed by atoms with Gasteiger partial charge in [-0.25, -0.2) is 0 Å². The van der Waals surface area contributed by atoms with Crippen molar-refractivity contribution in [2.75, 3.05) is 63.0 Å². The monoisotopic (exact) mass is 1500 g/mol. The third-order valence-electron chi connectivity index (χ3n) is 13.8. The Labute approximate surface area is 648 Å². The van der Waals surface area contributed by atoms with Gasteiger partial charge in [0.05, 0.1) is 28.0 Å². The van der Waals surface area contributed by atoms with Crippen molar-refractivity contribution in [3.63, 3.8) is 0 Å². The Morgan fingerprint density at radius 3 is 0.340 bits per heavy atom. The Bertz CT molecular complexity index is 2550. The molecular weight excluding hydrogens is 1350 g/mol. The number of ether oxygens (including phenoxy) is 7. The lowest BCUT2D eigenvalue weighted by molar-refractivity contribution is 0.0394. The molecule has 7 nitrogen and oxygen atoms in total. The van der Waals surface area contributed by atoms with E-state index in [1.54, 1.807) is 49.8 Å². The summed E-state index contributed by atoms with van der Waals surface area (Å²) >= 11 is 0. The maximum atomic E-state index is 4.94. The van der Waals surface area contributed by atoms with Crippen molar-refractivity contribution in [1.82, 2.24) is 0 Å². The summed E-state index contributed by atoms with van der Waals surface area (Å²) in [7, 11) is 18.8. The number of methoxy groups -OCH3 is 7. The van der Waals surface area contributed by atoms with Gasteiger partial charge >= 0.3 is 0 Å². The van der Waals surface area contributed by atoms with Gasteiger partial charge in [-0.05, 0) is 171 Å². The van der Waals surface area contributed by atoms with Crippen molar-refractivity contribution < 1.29 is 33.2 Å². The predicted molar refractivity (Wildman–Crippen MR) is 487 cm³/mol. The van der Waals surface area contributed by atoms with Crippen LogP contribution in [0, 0.1) is 0 Å². The second-order valence-electron chi connectivity index (χ2n) is 28.7. The van der Waals surface area contributed by atoms with Crippen LogP contribution in [0.3, 0.4) is 0 Å². The molecule has 0 saturated heterocycles. The molecule has 103 heavy (non-hydrogen) atoms. The van der Waals surface area contributed by atoms with Gasteiger partial charge in [0.1, 0.15) is 0 Å². The van der Waals surface area contributed by atoms with E-state index in [9.17, 15) is 0 Å². The molecule has 0 saturated carbocycles. The molecule has 0 aliphatic heterocycles.